The molecule has 2 unspecified atom stereocenters. The van der Waals surface area contributed by atoms with Crippen LogP contribution in [-0.2, 0) is 0 Å². The fraction of sp³-hybridized carbons (Fsp3) is 0.600. The van der Waals surface area contributed by atoms with Gasteiger partial charge in [0.1, 0.15) is 13.2 Å². The molecular formula is C15H23NO3S. The van der Waals surface area contributed by atoms with Gasteiger partial charge in [0.25, 0.3) is 0 Å². The van der Waals surface area contributed by atoms with Crippen molar-refractivity contribution >= 4 is 11.8 Å². The first-order valence-electron chi connectivity index (χ1n) is 6.86. The number of thioether (sulfide) groups is 1. The number of nitrogens with one attached hydrogen (secondary N) is 1. The Morgan fingerprint density at radius 2 is 2.05 bits per heavy atom. The van der Waals surface area contributed by atoms with Gasteiger partial charge < -0.3 is 19.9 Å². The lowest BCUT2D eigenvalue weighted by molar-refractivity contribution is 0.0820. The van der Waals surface area contributed by atoms with Crippen molar-refractivity contribution in [2.45, 2.75) is 25.5 Å². The molecular weight excluding hydrogens is 274 g/mol. The summed E-state index contributed by atoms with van der Waals surface area (Å²) in [6.07, 6.45) is 2.00. The molecule has 0 aliphatic carbocycles. The Morgan fingerprint density at radius 1 is 1.35 bits per heavy atom. The molecule has 0 saturated heterocycles. The van der Waals surface area contributed by atoms with Gasteiger partial charge in [-0.15, -0.1) is 0 Å². The van der Waals surface area contributed by atoms with Crippen molar-refractivity contribution in [2.24, 2.45) is 0 Å². The number of ether oxygens (including phenoxy) is 2. The van der Waals surface area contributed by atoms with Crippen LogP contribution in [0.25, 0.3) is 0 Å². The Hall–Kier alpha value is -0.910. The lowest BCUT2D eigenvalue weighted by Crippen LogP contribution is -2.40. The SMILES string of the molecule is CSCC(C)(O)CNC(C)c1ccc2c(c1)OCCO2. The Balaban J connectivity index is 1.97. The standard InChI is InChI=1S/C15H23NO3S/c1-11(16-9-15(2,17)10-20-3)12-4-5-13-14(8-12)19-7-6-18-13/h4-5,8,11,16-17H,6-7,9-10H2,1-3H3. The zero-order valence-electron chi connectivity index (χ0n) is 12.3. The van der Waals surface area contributed by atoms with E-state index in [0.29, 0.717) is 25.5 Å². The minimum Gasteiger partial charge on any atom is -0.486 e. The molecule has 2 rings (SSSR count). The van der Waals surface area contributed by atoms with Gasteiger partial charge in [-0.05, 0) is 37.8 Å². The molecule has 1 aromatic rings. The first-order chi connectivity index (χ1) is 9.52. The lowest BCUT2D eigenvalue weighted by atomic mass is 10.1. The van der Waals surface area contributed by atoms with E-state index in [0.717, 1.165) is 17.1 Å². The van der Waals surface area contributed by atoms with Crippen LogP contribution < -0.4 is 14.8 Å². The zero-order valence-corrected chi connectivity index (χ0v) is 13.1. The second-order valence-electron chi connectivity index (χ2n) is 5.44. The predicted octanol–water partition coefficient (Wildman–Crippen LogP) is 2.22. The van der Waals surface area contributed by atoms with Gasteiger partial charge in [0.15, 0.2) is 11.5 Å². The van der Waals surface area contributed by atoms with Gasteiger partial charge in [0.05, 0.1) is 5.60 Å². The molecule has 5 heteroatoms. The average molecular weight is 297 g/mol. The summed E-state index contributed by atoms with van der Waals surface area (Å²) in [6, 6.07) is 6.14. The summed E-state index contributed by atoms with van der Waals surface area (Å²) in [5.74, 6) is 2.33. The molecule has 112 valence electrons. The summed E-state index contributed by atoms with van der Waals surface area (Å²) in [7, 11) is 0. The Kier molecular flexibility index (Phi) is 5.18. The topological polar surface area (TPSA) is 50.7 Å². The molecule has 1 aromatic carbocycles. The minimum atomic E-state index is -0.693. The highest BCUT2D eigenvalue weighted by Gasteiger charge is 2.21. The summed E-state index contributed by atoms with van der Waals surface area (Å²) >= 11 is 1.65. The number of fused-ring (bicyclic) bond motifs is 1. The maximum absolute atomic E-state index is 10.2. The van der Waals surface area contributed by atoms with Crippen molar-refractivity contribution in [3.8, 4) is 11.5 Å². The van der Waals surface area contributed by atoms with E-state index in [1.165, 1.54) is 0 Å². The molecule has 20 heavy (non-hydrogen) atoms. The van der Waals surface area contributed by atoms with Crippen LogP contribution in [0.5, 0.6) is 11.5 Å². The van der Waals surface area contributed by atoms with E-state index in [1.54, 1.807) is 11.8 Å². The van der Waals surface area contributed by atoms with E-state index in [1.807, 2.05) is 31.4 Å². The van der Waals surface area contributed by atoms with Crippen LogP contribution in [0.3, 0.4) is 0 Å². The van der Waals surface area contributed by atoms with Gasteiger partial charge in [-0.25, -0.2) is 0 Å². The minimum absolute atomic E-state index is 0.152. The van der Waals surface area contributed by atoms with Gasteiger partial charge in [-0.3, -0.25) is 0 Å². The molecule has 0 bridgehead atoms. The van der Waals surface area contributed by atoms with Gasteiger partial charge in [-0.1, -0.05) is 6.07 Å². The third kappa shape index (κ3) is 4.04. The number of rotatable bonds is 6. The van der Waals surface area contributed by atoms with Crippen LogP contribution >= 0.6 is 11.8 Å². The normalized spacial score (nSPS) is 18.4. The van der Waals surface area contributed by atoms with E-state index in [9.17, 15) is 5.11 Å². The highest BCUT2D eigenvalue weighted by atomic mass is 32.2. The molecule has 1 heterocycles. The monoisotopic (exact) mass is 297 g/mol. The summed E-state index contributed by atoms with van der Waals surface area (Å²) < 4.78 is 11.1. The summed E-state index contributed by atoms with van der Waals surface area (Å²) in [5, 5.41) is 13.5. The summed E-state index contributed by atoms with van der Waals surface area (Å²) in [6.45, 7) is 5.70. The van der Waals surface area contributed by atoms with E-state index < -0.39 is 5.60 Å². The third-order valence-corrected chi connectivity index (χ3v) is 4.22. The number of hydrogen-bond acceptors (Lipinski definition) is 5. The first kappa shape index (κ1) is 15.5. The Morgan fingerprint density at radius 3 is 2.75 bits per heavy atom. The van der Waals surface area contributed by atoms with Gasteiger partial charge in [0.2, 0.25) is 0 Å². The van der Waals surface area contributed by atoms with Crippen molar-refractivity contribution in [2.75, 3.05) is 31.8 Å². The molecule has 0 radical (unpaired) electrons. The Bertz CT molecular complexity index is 451. The van der Waals surface area contributed by atoms with Crippen LogP contribution in [0.2, 0.25) is 0 Å². The predicted molar refractivity (Wildman–Crippen MR) is 82.9 cm³/mol. The summed E-state index contributed by atoms with van der Waals surface area (Å²) in [4.78, 5) is 0. The highest BCUT2D eigenvalue weighted by Crippen LogP contribution is 2.32. The quantitative estimate of drug-likeness (QED) is 0.843. The van der Waals surface area contributed by atoms with Crippen LogP contribution in [-0.4, -0.2) is 42.5 Å². The van der Waals surface area contributed by atoms with Crippen LogP contribution in [0.1, 0.15) is 25.5 Å². The van der Waals surface area contributed by atoms with Gasteiger partial charge in [0, 0.05) is 18.3 Å². The largest absolute Gasteiger partial charge is 0.486 e. The van der Waals surface area contributed by atoms with Crippen LogP contribution in [0, 0.1) is 0 Å². The lowest BCUT2D eigenvalue weighted by Gasteiger charge is -2.26. The van der Waals surface area contributed by atoms with Crippen molar-refractivity contribution < 1.29 is 14.6 Å². The van der Waals surface area contributed by atoms with Crippen molar-refractivity contribution in [3.63, 3.8) is 0 Å². The van der Waals surface area contributed by atoms with E-state index in [2.05, 4.69) is 12.2 Å². The first-order valence-corrected chi connectivity index (χ1v) is 8.25. The molecule has 4 nitrogen and oxygen atoms in total. The van der Waals surface area contributed by atoms with E-state index in [4.69, 9.17) is 9.47 Å². The zero-order chi connectivity index (χ0) is 14.6. The molecule has 0 saturated carbocycles. The molecule has 0 aromatic heterocycles. The fourth-order valence-electron chi connectivity index (χ4n) is 2.18. The second kappa shape index (κ2) is 6.70. The number of benzene rings is 1. The molecule has 2 atom stereocenters. The van der Waals surface area contributed by atoms with Crippen LogP contribution in [0.15, 0.2) is 18.2 Å². The average Bonchev–Trinajstić information content (AvgIpc) is 2.44. The Labute approximate surface area is 124 Å². The van der Waals surface area contributed by atoms with Crippen molar-refractivity contribution in [1.82, 2.24) is 5.32 Å². The summed E-state index contributed by atoms with van der Waals surface area (Å²) in [5.41, 5.74) is 0.441. The number of aliphatic hydroxyl groups is 1. The number of hydrogen-bond donors (Lipinski definition) is 2. The molecule has 0 fully saturated rings. The van der Waals surface area contributed by atoms with Crippen molar-refractivity contribution in [3.05, 3.63) is 23.8 Å². The second-order valence-corrected chi connectivity index (χ2v) is 6.30. The van der Waals surface area contributed by atoms with Gasteiger partial charge >= 0.3 is 0 Å². The smallest absolute Gasteiger partial charge is 0.161 e. The maximum atomic E-state index is 10.2. The molecule has 0 spiro atoms. The van der Waals surface area contributed by atoms with Crippen molar-refractivity contribution in [1.29, 1.82) is 0 Å². The fourth-order valence-corrected chi connectivity index (χ4v) is 2.91. The molecule has 2 N–H and O–H groups in total. The third-order valence-electron chi connectivity index (χ3n) is 3.31. The molecule has 1 aliphatic rings. The molecule has 1 aliphatic heterocycles. The van der Waals surface area contributed by atoms with E-state index >= 15 is 0 Å². The molecule has 0 amide bonds. The van der Waals surface area contributed by atoms with E-state index in [-0.39, 0.29) is 6.04 Å². The maximum Gasteiger partial charge on any atom is 0.161 e. The highest BCUT2D eigenvalue weighted by molar-refractivity contribution is 7.98. The van der Waals surface area contributed by atoms with Crippen LogP contribution in [0.4, 0.5) is 0 Å². The van der Waals surface area contributed by atoms with Gasteiger partial charge in [-0.2, -0.15) is 11.8 Å².